The van der Waals surface area contributed by atoms with Crippen LogP contribution in [0.2, 0.25) is 0 Å². The first-order chi connectivity index (χ1) is 43.9. The number of nitro groups is 1. The minimum atomic E-state index is -1.02. The van der Waals surface area contributed by atoms with Crippen molar-refractivity contribution in [3.63, 3.8) is 0 Å². The number of esters is 2. The smallest absolute Gasteiger partial charge is 0.362 e. The molecule has 2 aliphatic heterocycles. The fourth-order valence-corrected chi connectivity index (χ4v) is 11.6. The zero-order valence-electron chi connectivity index (χ0n) is 51.8. The van der Waals surface area contributed by atoms with Crippen LogP contribution >= 0.6 is 0 Å². The number of unbranched alkanes of at least 4 members (excludes halogenated alkanes) is 1. The summed E-state index contributed by atoms with van der Waals surface area (Å²) in [5.41, 5.74) is 3.28. The number of quaternary nitrogens is 1. The van der Waals surface area contributed by atoms with Gasteiger partial charge in [-0.3, -0.25) is 29.4 Å². The molecular weight excluding hydrogens is 1160 g/mol. The molecule has 0 saturated carbocycles. The molecule has 4 atom stereocenters. The van der Waals surface area contributed by atoms with Gasteiger partial charge in [0.1, 0.15) is 32.1 Å². The van der Waals surface area contributed by atoms with Crippen LogP contribution in [-0.4, -0.2) is 108 Å². The van der Waals surface area contributed by atoms with Crippen LogP contribution in [0.4, 0.5) is 14.5 Å². The molecule has 2 amide bonds. The predicted molar refractivity (Wildman–Crippen MR) is 338 cm³/mol. The number of ether oxygens (including phenoxy) is 5. The van der Waals surface area contributed by atoms with Crippen molar-refractivity contribution in [2.24, 2.45) is 17.8 Å². The minimum Gasteiger partial charge on any atom is -0.485 e. The summed E-state index contributed by atoms with van der Waals surface area (Å²) in [7, 11) is 3.95. The molecule has 19 heteroatoms. The highest BCUT2D eigenvalue weighted by Crippen LogP contribution is 2.49. The van der Waals surface area contributed by atoms with Crippen molar-refractivity contribution in [1.29, 1.82) is 0 Å². The number of carbonyl (C=O) groups excluding carboxylic acids is 5. The number of ketones is 1. The molecule has 0 bridgehead atoms. The fraction of sp³-hybridized carbons (Fsp3) is 0.319. The summed E-state index contributed by atoms with van der Waals surface area (Å²) in [6, 6.07) is 47.6. The maximum atomic E-state index is 16.6. The largest absolute Gasteiger partial charge is 0.485 e. The zero-order valence-corrected chi connectivity index (χ0v) is 51.8. The number of hydrogen-bond donors (Lipinski definition) is 1. The van der Waals surface area contributed by atoms with E-state index in [-0.39, 0.29) is 127 Å². The number of amides is 2. The van der Waals surface area contributed by atoms with Crippen LogP contribution in [0.15, 0.2) is 181 Å². The van der Waals surface area contributed by atoms with Crippen molar-refractivity contribution >= 4 is 35.2 Å². The first kappa shape index (κ1) is 65.8. The standard InChI is InChI=1S/C72H75F2N5O12/c1-48(2)62-65-49(3)58(66(77(65)70(62)82)72(84)91-71(83)54-30-32-55(33-31-54)78(85)86)43-76(4)39-42-79(5,40-19-18-29-59(80)56-34-36-60(87-44-50-21-10-6-11-22-50)67(63(56)73)89-46-52-25-14-8-15-26-52)41-20-38-75-69(81)57-35-37-61(88-45-51-23-12-7-13-24-51)68(64(57)74)90-47-53-27-16-9-17-28-53/h6-17,21-28,30-37,48-49,62,65H,18-20,29,38-47H2,1-5H3/p+1/t49-,62+,65+,79?/m0/s1. The summed E-state index contributed by atoms with van der Waals surface area (Å²) in [6.45, 7) is 8.67. The third-order valence-electron chi connectivity index (χ3n) is 16.8. The summed E-state index contributed by atoms with van der Waals surface area (Å²) in [5.74, 6) is -5.74. The lowest BCUT2D eigenvalue weighted by molar-refractivity contribution is -0.909. The zero-order chi connectivity index (χ0) is 64.6. The maximum absolute atomic E-state index is 16.6. The van der Waals surface area contributed by atoms with Crippen LogP contribution in [0.25, 0.3) is 0 Å². The first-order valence-corrected chi connectivity index (χ1v) is 30.6. The number of likely N-dealkylation sites (N-methyl/N-ethyl adjacent to an activating group) is 2. The van der Waals surface area contributed by atoms with Crippen LogP contribution in [0, 0.1) is 39.5 Å². The van der Waals surface area contributed by atoms with E-state index in [1.54, 1.807) is 6.07 Å². The van der Waals surface area contributed by atoms with Crippen LogP contribution in [0.5, 0.6) is 23.0 Å². The number of halogens is 2. The molecule has 474 valence electrons. The van der Waals surface area contributed by atoms with Gasteiger partial charge in [0, 0.05) is 50.5 Å². The van der Waals surface area contributed by atoms with E-state index in [9.17, 15) is 34.1 Å². The topological polar surface area (TPSA) is 193 Å². The molecular formula is C72H76F2N5O12+. The number of fused-ring (bicyclic) bond motifs is 1. The van der Waals surface area contributed by atoms with Gasteiger partial charge >= 0.3 is 11.9 Å². The number of benzene rings is 7. The normalized spacial score (nSPS) is 15.8. The second kappa shape index (κ2) is 30.8. The van der Waals surface area contributed by atoms with E-state index < -0.39 is 40.2 Å². The predicted octanol–water partition coefficient (Wildman–Crippen LogP) is 12.5. The van der Waals surface area contributed by atoms with E-state index in [1.807, 2.05) is 154 Å². The van der Waals surface area contributed by atoms with Gasteiger partial charge in [-0.1, -0.05) is 142 Å². The number of nitro benzene ring substituents is 1. The van der Waals surface area contributed by atoms with Gasteiger partial charge in [-0.05, 0) is 90.0 Å². The third kappa shape index (κ3) is 16.6. The highest BCUT2D eigenvalue weighted by atomic mass is 19.1. The number of rotatable bonds is 32. The van der Waals surface area contributed by atoms with Crippen molar-refractivity contribution in [2.45, 2.75) is 78.9 Å². The Morgan fingerprint density at radius 1 is 0.637 bits per heavy atom. The molecule has 9 rings (SSSR count). The van der Waals surface area contributed by atoms with Crippen LogP contribution in [0.3, 0.4) is 0 Å². The van der Waals surface area contributed by atoms with Gasteiger partial charge < -0.3 is 38.4 Å². The maximum Gasteiger partial charge on any atom is 0.362 e. The summed E-state index contributed by atoms with van der Waals surface area (Å²) in [6.07, 6.45) is 1.43. The van der Waals surface area contributed by atoms with Gasteiger partial charge in [-0.2, -0.15) is 0 Å². The number of carbonyl (C=O) groups is 5. The number of nitrogens with one attached hydrogen (secondary N) is 1. The fourth-order valence-electron chi connectivity index (χ4n) is 11.6. The Balaban J connectivity index is 0.899. The highest BCUT2D eigenvalue weighted by Gasteiger charge is 2.59. The molecule has 91 heavy (non-hydrogen) atoms. The number of non-ortho nitro benzene ring substituents is 1. The molecule has 2 heterocycles. The molecule has 7 aromatic rings. The van der Waals surface area contributed by atoms with Gasteiger partial charge in [-0.15, -0.1) is 0 Å². The van der Waals surface area contributed by atoms with Gasteiger partial charge in [0.15, 0.2) is 40.4 Å². The summed E-state index contributed by atoms with van der Waals surface area (Å²) < 4.78 is 63.2. The summed E-state index contributed by atoms with van der Waals surface area (Å²) >= 11 is 0. The van der Waals surface area contributed by atoms with E-state index in [0.717, 1.165) is 34.4 Å². The average molecular weight is 1240 g/mol. The van der Waals surface area contributed by atoms with Crippen LogP contribution in [0.1, 0.15) is 99.8 Å². The molecule has 17 nitrogen and oxygen atoms in total. The van der Waals surface area contributed by atoms with Crippen molar-refractivity contribution in [3.8, 4) is 23.0 Å². The minimum absolute atomic E-state index is 0.000464. The van der Waals surface area contributed by atoms with Crippen molar-refractivity contribution < 1.29 is 65.8 Å². The third-order valence-corrected chi connectivity index (χ3v) is 16.8. The Morgan fingerprint density at radius 2 is 1.12 bits per heavy atom. The number of nitrogens with zero attached hydrogens (tertiary/aromatic N) is 4. The first-order valence-electron chi connectivity index (χ1n) is 30.6. The van der Waals surface area contributed by atoms with E-state index in [4.69, 9.17) is 23.7 Å². The molecule has 1 saturated heterocycles. The van der Waals surface area contributed by atoms with Gasteiger partial charge in [-0.25, -0.2) is 18.4 Å². The van der Waals surface area contributed by atoms with Crippen molar-refractivity contribution in [1.82, 2.24) is 15.1 Å². The van der Waals surface area contributed by atoms with Crippen LogP contribution in [-0.2, 0) is 40.8 Å². The Morgan fingerprint density at radius 3 is 1.63 bits per heavy atom. The van der Waals surface area contributed by atoms with Gasteiger partial charge in [0.2, 0.25) is 5.91 Å². The van der Waals surface area contributed by atoms with E-state index >= 15 is 8.78 Å². The molecule has 1 fully saturated rings. The Labute approximate surface area is 528 Å². The molecule has 0 aliphatic carbocycles. The SMILES string of the molecule is CC(C)[C@H]1C(=O)N2C(C(=O)OC(=O)c3ccc([N+](=O)[O-])cc3)=C(CN(C)CC[N+](C)(CCCCC(=O)c3ccc(OCc4ccccc4)c(OCc4ccccc4)c3F)CCCNC(=O)c3ccc(OCc4ccccc4)c(OCc4ccccc4)c3F)[C@H](C)[C@H]12. The molecule has 1 N–H and O–H groups in total. The monoisotopic (exact) mass is 1240 g/mol. The van der Waals surface area contributed by atoms with E-state index in [0.29, 0.717) is 55.5 Å². The summed E-state index contributed by atoms with van der Waals surface area (Å²) in [4.78, 5) is 83.2. The summed E-state index contributed by atoms with van der Waals surface area (Å²) in [5, 5.41) is 14.2. The lowest BCUT2D eigenvalue weighted by atomic mass is 9.74. The van der Waals surface area contributed by atoms with Crippen molar-refractivity contribution in [2.75, 3.05) is 53.4 Å². The second-order valence-electron chi connectivity index (χ2n) is 23.7. The van der Waals surface area contributed by atoms with E-state index in [2.05, 4.69) is 12.4 Å². The number of hydrogen-bond acceptors (Lipinski definition) is 13. The van der Waals surface area contributed by atoms with E-state index in [1.165, 1.54) is 35.2 Å². The van der Waals surface area contributed by atoms with Gasteiger partial charge in [0.25, 0.3) is 11.6 Å². The molecule has 1 unspecified atom stereocenters. The van der Waals surface area contributed by atoms with Gasteiger partial charge in [0.05, 0.1) is 60.3 Å². The second-order valence-corrected chi connectivity index (χ2v) is 23.7. The molecule has 0 aromatic heterocycles. The Hall–Kier alpha value is -9.59. The van der Waals surface area contributed by atoms with Crippen molar-refractivity contribution in [3.05, 3.63) is 242 Å². The Kier molecular flexibility index (Phi) is 22.3. The molecule has 0 radical (unpaired) electrons. The molecule has 7 aromatic carbocycles. The highest BCUT2D eigenvalue weighted by molar-refractivity contribution is 6.06. The lowest BCUT2D eigenvalue weighted by Crippen LogP contribution is -2.62. The average Bonchev–Trinajstić information content (AvgIpc) is 1.57. The number of β-lactam (4-membered cyclic amide) rings is 1. The number of Topliss-reactive ketones (excluding diaryl/α,β-unsaturated/α-hetero) is 1. The molecule has 2 aliphatic rings. The quantitative estimate of drug-likeness (QED) is 0.00612. The Bertz CT molecular complexity index is 3560. The van der Waals surface area contributed by atoms with Crippen LogP contribution < -0.4 is 24.3 Å². The molecule has 0 spiro atoms. The lowest BCUT2D eigenvalue weighted by Gasteiger charge is -2.47.